The van der Waals surface area contributed by atoms with E-state index in [1.165, 1.54) is 0 Å². The van der Waals surface area contributed by atoms with Crippen LogP contribution in [-0.2, 0) is 9.59 Å². The second kappa shape index (κ2) is 4.44. The zero-order valence-corrected chi connectivity index (χ0v) is 9.07. The monoisotopic (exact) mass is 202 g/mol. The molecule has 2 N–H and O–H groups in total. The maximum Gasteiger partial charge on any atom is 0.317 e. The van der Waals surface area contributed by atoms with Gasteiger partial charge in [0.05, 0.1) is 0 Å². The summed E-state index contributed by atoms with van der Waals surface area (Å²) in [4.78, 5) is 21.2. The molecule has 4 nitrogen and oxygen atoms in total. The van der Waals surface area contributed by atoms with E-state index in [1.807, 2.05) is 27.7 Å². The molecule has 0 saturated heterocycles. The molecule has 0 amide bonds. The van der Waals surface area contributed by atoms with Gasteiger partial charge in [0.1, 0.15) is 0 Å². The van der Waals surface area contributed by atoms with Gasteiger partial charge in [-0.25, -0.2) is 0 Å². The van der Waals surface area contributed by atoms with Crippen LogP contribution in [0.15, 0.2) is 0 Å². The Kier molecular flexibility index (Phi) is 4.10. The predicted molar refractivity (Wildman–Crippen MR) is 52.0 cm³/mol. The Balaban J connectivity index is 4.47. The van der Waals surface area contributed by atoms with Gasteiger partial charge in [-0.3, -0.25) is 9.59 Å². The largest absolute Gasteiger partial charge is 0.481 e. The molecule has 0 radical (unpaired) electrons. The number of aliphatic carboxylic acids is 2. The molecule has 0 bridgehead atoms. The highest BCUT2D eigenvalue weighted by Gasteiger charge is 2.31. The number of hydrogen-bond acceptors (Lipinski definition) is 2. The molecule has 0 rings (SSSR count). The zero-order valence-electron chi connectivity index (χ0n) is 9.07. The van der Waals surface area contributed by atoms with Gasteiger partial charge in [-0.15, -0.1) is 0 Å². The summed E-state index contributed by atoms with van der Waals surface area (Å²) in [6, 6.07) is 0. The highest BCUT2D eigenvalue weighted by Crippen LogP contribution is 2.30. The third-order valence-corrected chi connectivity index (χ3v) is 2.66. The van der Waals surface area contributed by atoms with E-state index in [-0.39, 0.29) is 17.8 Å². The van der Waals surface area contributed by atoms with Crippen molar-refractivity contribution in [2.75, 3.05) is 0 Å². The smallest absolute Gasteiger partial charge is 0.317 e. The van der Waals surface area contributed by atoms with Gasteiger partial charge in [-0.1, -0.05) is 27.7 Å². The summed E-state index contributed by atoms with van der Waals surface area (Å²) in [6.07, 6.45) is 0.175. The number of carboxylic acids is 2. The van der Waals surface area contributed by atoms with Crippen LogP contribution in [-0.4, -0.2) is 22.2 Å². The Bertz CT molecular complexity index is 213. The predicted octanol–water partition coefficient (Wildman–Crippen LogP) is 1.84. The van der Waals surface area contributed by atoms with Crippen molar-refractivity contribution >= 4 is 11.9 Å². The van der Waals surface area contributed by atoms with Crippen molar-refractivity contribution in [2.24, 2.45) is 17.3 Å². The van der Waals surface area contributed by atoms with Crippen molar-refractivity contribution < 1.29 is 19.8 Å². The first-order valence-corrected chi connectivity index (χ1v) is 4.62. The lowest BCUT2D eigenvalue weighted by Gasteiger charge is -2.28. The SMILES string of the molecule is CC(CC(C(=O)O)C(=O)O)C(C)(C)C. The molecule has 4 heteroatoms. The summed E-state index contributed by atoms with van der Waals surface area (Å²) < 4.78 is 0. The van der Waals surface area contributed by atoms with E-state index in [0.29, 0.717) is 0 Å². The first-order valence-electron chi connectivity index (χ1n) is 4.62. The van der Waals surface area contributed by atoms with Crippen LogP contribution < -0.4 is 0 Å². The lowest BCUT2D eigenvalue weighted by molar-refractivity contribution is -0.155. The first kappa shape index (κ1) is 12.9. The van der Waals surface area contributed by atoms with Crippen molar-refractivity contribution in [1.82, 2.24) is 0 Å². The number of hydrogen-bond donors (Lipinski definition) is 2. The summed E-state index contributed by atoms with van der Waals surface area (Å²) in [6.45, 7) is 7.79. The number of carboxylic acid groups (broad SMARTS) is 2. The Labute approximate surface area is 83.9 Å². The molecule has 0 spiro atoms. The lowest BCUT2D eigenvalue weighted by atomic mass is 9.77. The van der Waals surface area contributed by atoms with Gasteiger partial charge in [0, 0.05) is 0 Å². The van der Waals surface area contributed by atoms with Crippen LogP contribution in [0.4, 0.5) is 0 Å². The molecule has 0 aromatic rings. The first-order chi connectivity index (χ1) is 6.16. The lowest BCUT2D eigenvalue weighted by Crippen LogP contribution is -2.29. The Morgan fingerprint density at radius 1 is 1.14 bits per heavy atom. The van der Waals surface area contributed by atoms with Gasteiger partial charge in [-0.2, -0.15) is 0 Å². The average Bonchev–Trinajstić information content (AvgIpc) is 1.96. The summed E-state index contributed by atoms with van der Waals surface area (Å²) in [7, 11) is 0. The van der Waals surface area contributed by atoms with E-state index in [4.69, 9.17) is 10.2 Å². The van der Waals surface area contributed by atoms with E-state index in [1.54, 1.807) is 0 Å². The second-order valence-corrected chi connectivity index (χ2v) is 4.73. The maximum atomic E-state index is 10.6. The topological polar surface area (TPSA) is 74.6 Å². The van der Waals surface area contributed by atoms with Crippen molar-refractivity contribution in [3.63, 3.8) is 0 Å². The summed E-state index contributed by atoms with van der Waals surface area (Å²) in [5.74, 6) is -3.74. The third-order valence-electron chi connectivity index (χ3n) is 2.66. The second-order valence-electron chi connectivity index (χ2n) is 4.73. The number of carbonyl (C=O) groups is 2. The van der Waals surface area contributed by atoms with Crippen LogP contribution in [0.5, 0.6) is 0 Å². The molecule has 14 heavy (non-hydrogen) atoms. The van der Waals surface area contributed by atoms with Gasteiger partial charge >= 0.3 is 11.9 Å². The van der Waals surface area contributed by atoms with E-state index in [2.05, 4.69) is 0 Å². The minimum absolute atomic E-state index is 0.0553. The fourth-order valence-corrected chi connectivity index (χ4v) is 1.01. The van der Waals surface area contributed by atoms with Crippen LogP contribution in [0, 0.1) is 17.3 Å². The van der Waals surface area contributed by atoms with Crippen molar-refractivity contribution in [3.05, 3.63) is 0 Å². The molecule has 0 aliphatic carbocycles. The van der Waals surface area contributed by atoms with Gasteiger partial charge in [0.25, 0.3) is 0 Å². The number of rotatable bonds is 4. The molecule has 1 atom stereocenters. The molecule has 82 valence electrons. The summed E-state index contributed by atoms with van der Waals surface area (Å²) >= 11 is 0. The molecular formula is C10H18O4. The third kappa shape index (κ3) is 3.77. The molecular weight excluding hydrogens is 184 g/mol. The fraction of sp³-hybridized carbons (Fsp3) is 0.800. The van der Waals surface area contributed by atoms with Crippen molar-refractivity contribution in [3.8, 4) is 0 Å². The molecule has 0 aliphatic rings. The van der Waals surface area contributed by atoms with E-state index in [9.17, 15) is 9.59 Å². The molecule has 0 heterocycles. The molecule has 1 unspecified atom stereocenters. The van der Waals surface area contributed by atoms with Gasteiger partial charge < -0.3 is 10.2 Å². The minimum Gasteiger partial charge on any atom is -0.481 e. The fourth-order valence-electron chi connectivity index (χ4n) is 1.01. The van der Waals surface area contributed by atoms with Crippen molar-refractivity contribution in [2.45, 2.75) is 34.1 Å². The van der Waals surface area contributed by atoms with Gasteiger partial charge in [0.15, 0.2) is 5.92 Å². The van der Waals surface area contributed by atoms with Gasteiger partial charge in [-0.05, 0) is 17.8 Å². The normalized spacial score (nSPS) is 14.1. The Morgan fingerprint density at radius 3 is 1.71 bits per heavy atom. The Morgan fingerprint density at radius 2 is 1.50 bits per heavy atom. The highest BCUT2D eigenvalue weighted by atomic mass is 16.4. The highest BCUT2D eigenvalue weighted by molar-refractivity contribution is 5.92. The van der Waals surface area contributed by atoms with Crippen molar-refractivity contribution in [1.29, 1.82) is 0 Å². The summed E-state index contributed by atoms with van der Waals surface area (Å²) in [5.41, 5.74) is -0.0663. The van der Waals surface area contributed by atoms with Crippen LogP contribution in [0.25, 0.3) is 0 Å². The maximum absolute atomic E-state index is 10.6. The Hall–Kier alpha value is -1.06. The standard InChI is InChI=1S/C10H18O4/c1-6(10(2,3)4)5-7(8(11)12)9(13)14/h6-7H,5H2,1-4H3,(H,11,12)(H,13,14). The molecule has 0 aromatic carbocycles. The molecule has 0 saturated carbocycles. The van der Waals surface area contributed by atoms with Crippen LogP contribution >= 0.6 is 0 Å². The average molecular weight is 202 g/mol. The zero-order chi connectivity index (χ0) is 11.5. The van der Waals surface area contributed by atoms with Crippen LogP contribution in [0.2, 0.25) is 0 Å². The van der Waals surface area contributed by atoms with E-state index < -0.39 is 17.9 Å². The minimum atomic E-state index is -1.29. The van der Waals surface area contributed by atoms with Gasteiger partial charge in [0.2, 0.25) is 0 Å². The molecule has 0 fully saturated rings. The van der Waals surface area contributed by atoms with E-state index >= 15 is 0 Å². The quantitative estimate of drug-likeness (QED) is 0.682. The van der Waals surface area contributed by atoms with Crippen LogP contribution in [0.1, 0.15) is 34.1 Å². The molecule has 0 aromatic heterocycles. The van der Waals surface area contributed by atoms with E-state index in [0.717, 1.165) is 0 Å². The molecule has 0 aliphatic heterocycles. The summed E-state index contributed by atoms with van der Waals surface area (Å²) in [5, 5.41) is 17.4. The van der Waals surface area contributed by atoms with Crippen LogP contribution in [0.3, 0.4) is 0 Å².